The molecule has 1 N–H and O–H groups in total. The topological polar surface area (TPSA) is 24.9 Å². The summed E-state index contributed by atoms with van der Waals surface area (Å²) < 4.78 is 37.5. The van der Waals surface area contributed by atoms with Gasteiger partial charge in [-0.2, -0.15) is 13.2 Å². The minimum absolute atomic E-state index is 0.145. The van der Waals surface area contributed by atoms with E-state index in [0.29, 0.717) is 6.54 Å². The van der Waals surface area contributed by atoms with E-state index < -0.39 is 11.7 Å². The van der Waals surface area contributed by atoms with E-state index in [1.807, 2.05) is 0 Å². The van der Waals surface area contributed by atoms with Gasteiger partial charge in [0, 0.05) is 6.54 Å². The van der Waals surface area contributed by atoms with Crippen LogP contribution in [-0.4, -0.2) is 11.5 Å². The van der Waals surface area contributed by atoms with Crippen molar-refractivity contribution in [3.8, 4) is 0 Å². The summed E-state index contributed by atoms with van der Waals surface area (Å²) in [6.07, 6.45) is -0.980. The smallest absolute Gasteiger partial charge is 0.370 e. The largest absolute Gasteiger partial charge is 0.416 e. The Labute approximate surface area is 102 Å². The average molecular weight is 265 g/mol. The van der Waals surface area contributed by atoms with Crippen LogP contribution in [0.2, 0.25) is 5.15 Å². The molecule has 1 aromatic rings. The van der Waals surface area contributed by atoms with Gasteiger partial charge in [-0.25, -0.2) is 4.98 Å². The Hall–Kier alpha value is -0.970. The molecule has 0 saturated heterocycles. The molecule has 1 fully saturated rings. The van der Waals surface area contributed by atoms with Crippen molar-refractivity contribution in [1.82, 2.24) is 4.98 Å². The average Bonchev–Trinajstić information content (AvgIpc) is 2.99. The van der Waals surface area contributed by atoms with Crippen molar-refractivity contribution >= 4 is 17.4 Å². The van der Waals surface area contributed by atoms with Gasteiger partial charge in [0.2, 0.25) is 0 Å². The number of halogens is 4. The van der Waals surface area contributed by atoms with E-state index >= 15 is 0 Å². The van der Waals surface area contributed by atoms with Crippen LogP contribution in [0, 0.1) is 5.92 Å². The maximum atomic E-state index is 12.5. The fourth-order valence-electron chi connectivity index (χ4n) is 1.56. The molecule has 1 aliphatic carbocycles. The second-order valence-corrected chi connectivity index (χ2v) is 4.61. The summed E-state index contributed by atoms with van der Waals surface area (Å²) in [6, 6.07) is 1.81. The number of pyridine rings is 1. The summed E-state index contributed by atoms with van der Waals surface area (Å²) in [5.74, 6) is 0.911. The first-order chi connectivity index (χ1) is 7.95. The molecule has 1 heterocycles. The molecule has 2 rings (SSSR count). The van der Waals surface area contributed by atoms with Gasteiger partial charge < -0.3 is 5.32 Å². The second kappa shape index (κ2) is 4.72. The fraction of sp³-hybridized carbons (Fsp3) is 0.545. The molecule has 1 aromatic heterocycles. The Kier molecular flexibility index (Phi) is 3.47. The molecule has 94 valence electrons. The van der Waals surface area contributed by atoms with Crippen LogP contribution in [-0.2, 0) is 6.18 Å². The van der Waals surface area contributed by atoms with Crippen molar-refractivity contribution in [1.29, 1.82) is 0 Å². The molecule has 1 saturated carbocycles. The lowest BCUT2D eigenvalue weighted by Crippen LogP contribution is -2.09. The summed E-state index contributed by atoms with van der Waals surface area (Å²) in [5.41, 5.74) is -0.772. The number of hydrogen-bond acceptors (Lipinski definition) is 2. The highest BCUT2D eigenvalue weighted by atomic mass is 35.5. The minimum Gasteiger partial charge on any atom is -0.370 e. The van der Waals surface area contributed by atoms with Gasteiger partial charge in [0.15, 0.2) is 0 Å². The summed E-state index contributed by atoms with van der Waals surface area (Å²) in [7, 11) is 0. The van der Waals surface area contributed by atoms with Crippen LogP contribution in [0.4, 0.5) is 19.0 Å². The molecule has 0 spiro atoms. The van der Waals surface area contributed by atoms with Crippen LogP contribution in [0.25, 0.3) is 0 Å². The fourth-order valence-corrected chi connectivity index (χ4v) is 1.77. The van der Waals surface area contributed by atoms with Crippen molar-refractivity contribution in [3.05, 3.63) is 22.8 Å². The highest BCUT2D eigenvalue weighted by Gasteiger charge is 2.31. The number of rotatable bonds is 4. The van der Waals surface area contributed by atoms with Gasteiger partial charge in [0.25, 0.3) is 0 Å². The van der Waals surface area contributed by atoms with Gasteiger partial charge in [-0.1, -0.05) is 24.4 Å². The van der Waals surface area contributed by atoms with Gasteiger partial charge >= 0.3 is 6.18 Å². The third kappa shape index (κ3) is 3.77. The Morgan fingerprint density at radius 3 is 2.65 bits per heavy atom. The Morgan fingerprint density at radius 1 is 1.35 bits per heavy atom. The first-order valence-electron chi connectivity index (χ1n) is 5.44. The van der Waals surface area contributed by atoms with E-state index in [1.54, 1.807) is 0 Å². The monoisotopic (exact) mass is 264 g/mol. The predicted molar refractivity (Wildman–Crippen MR) is 60.1 cm³/mol. The molecule has 2 nitrogen and oxygen atoms in total. The highest BCUT2D eigenvalue weighted by molar-refractivity contribution is 6.29. The maximum absolute atomic E-state index is 12.5. The number of anilines is 1. The second-order valence-electron chi connectivity index (χ2n) is 4.22. The maximum Gasteiger partial charge on any atom is 0.416 e. The molecule has 6 heteroatoms. The Balaban J connectivity index is 2.02. The molecule has 0 radical (unpaired) electrons. The van der Waals surface area contributed by atoms with Crippen molar-refractivity contribution in [2.24, 2.45) is 5.92 Å². The van der Waals surface area contributed by atoms with Gasteiger partial charge in [-0.15, -0.1) is 0 Å². The van der Waals surface area contributed by atoms with Crippen LogP contribution < -0.4 is 5.32 Å². The molecule has 0 aliphatic heterocycles. The molecule has 0 atom stereocenters. The molecular formula is C11H12ClF3N2. The zero-order chi connectivity index (χ0) is 12.5. The summed E-state index contributed by atoms with van der Waals surface area (Å²) in [4.78, 5) is 3.82. The van der Waals surface area contributed by atoms with E-state index in [-0.39, 0.29) is 11.0 Å². The Morgan fingerprint density at radius 2 is 2.06 bits per heavy atom. The zero-order valence-electron chi connectivity index (χ0n) is 9.02. The molecule has 1 aliphatic rings. The quantitative estimate of drug-likeness (QED) is 0.833. The lowest BCUT2D eigenvalue weighted by Gasteiger charge is -2.10. The minimum atomic E-state index is -4.39. The third-order valence-electron chi connectivity index (χ3n) is 2.68. The van der Waals surface area contributed by atoms with Crippen LogP contribution in [0.15, 0.2) is 12.1 Å². The molecule has 0 aromatic carbocycles. The standard InChI is InChI=1S/C11H12ClF3N2/c12-9-5-8(11(13,14)15)6-10(17-9)16-4-3-7-1-2-7/h5-7H,1-4H2,(H,16,17). The normalized spacial score (nSPS) is 16.0. The first kappa shape index (κ1) is 12.5. The van der Waals surface area contributed by atoms with Gasteiger partial charge in [-0.05, 0) is 24.5 Å². The van der Waals surface area contributed by atoms with E-state index in [2.05, 4.69) is 10.3 Å². The van der Waals surface area contributed by atoms with Crippen molar-refractivity contribution in [3.63, 3.8) is 0 Å². The van der Waals surface area contributed by atoms with Crippen molar-refractivity contribution in [2.45, 2.75) is 25.4 Å². The van der Waals surface area contributed by atoms with E-state index in [1.165, 1.54) is 12.8 Å². The third-order valence-corrected chi connectivity index (χ3v) is 2.87. The highest BCUT2D eigenvalue weighted by Crippen LogP contribution is 2.33. The number of aromatic nitrogens is 1. The van der Waals surface area contributed by atoms with Crippen molar-refractivity contribution in [2.75, 3.05) is 11.9 Å². The molecule has 0 unspecified atom stereocenters. The van der Waals surface area contributed by atoms with Gasteiger partial charge in [0.1, 0.15) is 11.0 Å². The number of hydrogen-bond donors (Lipinski definition) is 1. The molecule has 0 bridgehead atoms. The van der Waals surface area contributed by atoms with Crippen LogP contribution >= 0.6 is 11.6 Å². The first-order valence-corrected chi connectivity index (χ1v) is 5.81. The van der Waals surface area contributed by atoms with Gasteiger partial charge in [0.05, 0.1) is 5.56 Å². The van der Waals surface area contributed by atoms with Crippen LogP contribution in [0.3, 0.4) is 0 Å². The van der Waals surface area contributed by atoms with Crippen LogP contribution in [0.1, 0.15) is 24.8 Å². The number of nitrogens with one attached hydrogen (secondary N) is 1. The van der Waals surface area contributed by atoms with Crippen molar-refractivity contribution < 1.29 is 13.2 Å². The lowest BCUT2D eigenvalue weighted by atomic mass is 10.2. The zero-order valence-corrected chi connectivity index (χ0v) is 9.78. The predicted octanol–water partition coefficient (Wildman–Crippen LogP) is 3.97. The molecule has 17 heavy (non-hydrogen) atoms. The van der Waals surface area contributed by atoms with E-state index in [4.69, 9.17) is 11.6 Å². The lowest BCUT2D eigenvalue weighted by molar-refractivity contribution is -0.137. The summed E-state index contributed by atoms with van der Waals surface area (Å²) in [5, 5.41) is 2.73. The summed E-state index contributed by atoms with van der Waals surface area (Å²) in [6.45, 7) is 0.634. The van der Waals surface area contributed by atoms with E-state index in [9.17, 15) is 13.2 Å². The van der Waals surface area contributed by atoms with E-state index in [0.717, 1.165) is 24.5 Å². The number of alkyl halides is 3. The summed E-state index contributed by atoms with van der Waals surface area (Å²) >= 11 is 5.56. The Bertz CT molecular complexity index is 402. The van der Waals surface area contributed by atoms with Crippen LogP contribution in [0.5, 0.6) is 0 Å². The number of nitrogens with zero attached hydrogens (tertiary/aromatic N) is 1. The molecular weight excluding hydrogens is 253 g/mol. The SMILES string of the molecule is FC(F)(F)c1cc(Cl)nc(NCCC2CC2)c1. The molecule has 0 amide bonds. The van der Waals surface area contributed by atoms with Gasteiger partial charge in [-0.3, -0.25) is 0 Å².